The molecule has 1 aliphatic carbocycles. The molecule has 5 nitrogen and oxygen atoms in total. The van der Waals surface area contributed by atoms with Crippen molar-refractivity contribution in [3.63, 3.8) is 0 Å². The summed E-state index contributed by atoms with van der Waals surface area (Å²) < 4.78 is 1.85. The maximum absolute atomic E-state index is 11.5. The lowest BCUT2D eigenvalue weighted by molar-refractivity contribution is 0.240. The van der Waals surface area contributed by atoms with Crippen molar-refractivity contribution in [2.45, 2.75) is 25.3 Å². The monoisotopic (exact) mass is 270 g/mol. The summed E-state index contributed by atoms with van der Waals surface area (Å²) in [4.78, 5) is 11.5. The summed E-state index contributed by atoms with van der Waals surface area (Å²) in [7, 11) is 0. The van der Waals surface area contributed by atoms with E-state index in [9.17, 15) is 4.79 Å². The van der Waals surface area contributed by atoms with Crippen LogP contribution in [0.5, 0.6) is 0 Å². The SMILES string of the molecule is O=C(NCCc1ccn(-c2ccccc2)n1)NC1CC1. The summed E-state index contributed by atoms with van der Waals surface area (Å²) >= 11 is 0. The van der Waals surface area contributed by atoms with Gasteiger partial charge in [-0.05, 0) is 31.0 Å². The van der Waals surface area contributed by atoms with Crippen LogP contribution in [0.4, 0.5) is 4.79 Å². The number of hydrogen-bond acceptors (Lipinski definition) is 2. The minimum atomic E-state index is -0.0741. The lowest BCUT2D eigenvalue weighted by Gasteiger charge is -2.05. The molecule has 1 heterocycles. The molecule has 0 unspecified atom stereocenters. The topological polar surface area (TPSA) is 59.0 Å². The van der Waals surface area contributed by atoms with E-state index in [-0.39, 0.29) is 6.03 Å². The Bertz CT molecular complexity index is 575. The molecule has 0 atom stereocenters. The largest absolute Gasteiger partial charge is 0.338 e. The molecular formula is C15H18N4O. The first-order valence-corrected chi connectivity index (χ1v) is 6.95. The number of carbonyl (C=O) groups is 1. The quantitative estimate of drug-likeness (QED) is 0.871. The minimum absolute atomic E-state index is 0.0741. The van der Waals surface area contributed by atoms with Gasteiger partial charge in [0.15, 0.2) is 0 Å². The van der Waals surface area contributed by atoms with Gasteiger partial charge >= 0.3 is 6.03 Å². The Morgan fingerprint density at radius 2 is 2.05 bits per heavy atom. The number of hydrogen-bond donors (Lipinski definition) is 2. The van der Waals surface area contributed by atoms with Crippen molar-refractivity contribution < 1.29 is 4.79 Å². The van der Waals surface area contributed by atoms with E-state index in [0.717, 1.165) is 30.6 Å². The molecule has 104 valence electrons. The van der Waals surface area contributed by atoms with Crippen molar-refractivity contribution in [3.05, 3.63) is 48.3 Å². The smallest absolute Gasteiger partial charge is 0.315 e. The zero-order valence-corrected chi connectivity index (χ0v) is 11.2. The predicted molar refractivity (Wildman–Crippen MR) is 76.8 cm³/mol. The Labute approximate surface area is 118 Å². The van der Waals surface area contributed by atoms with E-state index < -0.39 is 0 Å². The normalized spacial score (nSPS) is 14.0. The first kappa shape index (κ1) is 12.7. The molecule has 1 aromatic carbocycles. The standard InChI is InChI=1S/C15H18N4O/c20-15(17-12-6-7-12)16-10-8-13-9-11-19(18-13)14-4-2-1-3-5-14/h1-5,9,11-12H,6-8,10H2,(H2,16,17,20). The third kappa shape index (κ3) is 3.38. The molecule has 2 aromatic rings. The van der Waals surface area contributed by atoms with Crippen LogP contribution in [0.25, 0.3) is 5.69 Å². The van der Waals surface area contributed by atoms with E-state index in [1.54, 1.807) is 0 Å². The van der Waals surface area contributed by atoms with E-state index in [1.807, 2.05) is 47.3 Å². The molecule has 20 heavy (non-hydrogen) atoms. The van der Waals surface area contributed by atoms with E-state index >= 15 is 0 Å². The highest BCUT2D eigenvalue weighted by molar-refractivity contribution is 5.74. The van der Waals surface area contributed by atoms with Gasteiger partial charge in [0.2, 0.25) is 0 Å². The number of amides is 2. The van der Waals surface area contributed by atoms with Crippen molar-refractivity contribution in [2.24, 2.45) is 0 Å². The first-order valence-electron chi connectivity index (χ1n) is 6.95. The van der Waals surface area contributed by atoms with Crippen LogP contribution in [0, 0.1) is 0 Å². The number of carbonyl (C=O) groups excluding carboxylic acids is 1. The van der Waals surface area contributed by atoms with E-state index in [1.165, 1.54) is 0 Å². The van der Waals surface area contributed by atoms with Gasteiger partial charge in [0, 0.05) is 25.2 Å². The first-order chi connectivity index (χ1) is 9.81. The highest BCUT2D eigenvalue weighted by atomic mass is 16.2. The second kappa shape index (κ2) is 5.77. The number of nitrogens with one attached hydrogen (secondary N) is 2. The third-order valence-corrected chi connectivity index (χ3v) is 3.24. The maximum Gasteiger partial charge on any atom is 0.315 e. The average Bonchev–Trinajstić information content (AvgIpc) is 3.15. The molecule has 1 aliphatic rings. The van der Waals surface area contributed by atoms with Gasteiger partial charge in [0.1, 0.15) is 0 Å². The maximum atomic E-state index is 11.5. The Balaban J connectivity index is 1.48. The molecule has 2 N–H and O–H groups in total. The molecule has 3 rings (SSSR count). The number of para-hydroxylation sites is 1. The van der Waals surface area contributed by atoms with Crippen LogP contribution in [-0.4, -0.2) is 28.4 Å². The molecule has 2 amide bonds. The van der Waals surface area contributed by atoms with Crippen molar-refractivity contribution >= 4 is 6.03 Å². The van der Waals surface area contributed by atoms with Crippen molar-refractivity contribution in [1.29, 1.82) is 0 Å². The number of urea groups is 1. The van der Waals surface area contributed by atoms with Gasteiger partial charge in [-0.1, -0.05) is 18.2 Å². The van der Waals surface area contributed by atoms with E-state index in [4.69, 9.17) is 0 Å². The van der Waals surface area contributed by atoms with Crippen molar-refractivity contribution in [2.75, 3.05) is 6.54 Å². The van der Waals surface area contributed by atoms with Gasteiger partial charge in [-0.15, -0.1) is 0 Å². The molecule has 5 heteroatoms. The molecule has 0 saturated heterocycles. The summed E-state index contributed by atoms with van der Waals surface area (Å²) in [6.45, 7) is 0.602. The zero-order chi connectivity index (χ0) is 13.8. The number of rotatable bonds is 5. The predicted octanol–water partition coefficient (Wildman–Crippen LogP) is 1.88. The Morgan fingerprint density at radius 3 is 2.80 bits per heavy atom. The fourth-order valence-electron chi connectivity index (χ4n) is 1.99. The summed E-state index contributed by atoms with van der Waals surface area (Å²) in [5.41, 5.74) is 2.01. The summed E-state index contributed by atoms with van der Waals surface area (Å²) in [6.07, 6.45) is 4.89. The Hall–Kier alpha value is -2.30. The van der Waals surface area contributed by atoms with Crippen LogP contribution in [0.2, 0.25) is 0 Å². The number of nitrogens with zero attached hydrogens (tertiary/aromatic N) is 2. The highest BCUT2D eigenvalue weighted by Gasteiger charge is 2.22. The van der Waals surface area contributed by atoms with Gasteiger partial charge in [-0.25, -0.2) is 9.48 Å². The van der Waals surface area contributed by atoms with Crippen LogP contribution in [0.1, 0.15) is 18.5 Å². The second-order valence-corrected chi connectivity index (χ2v) is 5.01. The average molecular weight is 270 g/mol. The van der Waals surface area contributed by atoms with Crippen molar-refractivity contribution in [3.8, 4) is 5.69 Å². The lowest BCUT2D eigenvalue weighted by atomic mass is 10.3. The number of aromatic nitrogens is 2. The van der Waals surface area contributed by atoms with E-state index in [2.05, 4.69) is 15.7 Å². The summed E-state index contributed by atoms with van der Waals surface area (Å²) in [5, 5.41) is 10.2. The van der Waals surface area contributed by atoms with Crippen LogP contribution in [0.15, 0.2) is 42.6 Å². The molecular weight excluding hydrogens is 252 g/mol. The van der Waals surface area contributed by atoms with Crippen LogP contribution < -0.4 is 10.6 Å². The minimum Gasteiger partial charge on any atom is -0.338 e. The molecule has 0 spiro atoms. The molecule has 1 saturated carbocycles. The van der Waals surface area contributed by atoms with Gasteiger partial charge < -0.3 is 10.6 Å². The third-order valence-electron chi connectivity index (χ3n) is 3.24. The van der Waals surface area contributed by atoms with Gasteiger partial charge in [-0.3, -0.25) is 0 Å². The fourth-order valence-corrected chi connectivity index (χ4v) is 1.99. The zero-order valence-electron chi connectivity index (χ0n) is 11.2. The lowest BCUT2D eigenvalue weighted by Crippen LogP contribution is -2.37. The van der Waals surface area contributed by atoms with Crippen LogP contribution in [-0.2, 0) is 6.42 Å². The van der Waals surface area contributed by atoms with E-state index in [0.29, 0.717) is 12.6 Å². The second-order valence-electron chi connectivity index (χ2n) is 5.01. The Morgan fingerprint density at radius 1 is 1.25 bits per heavy atom. The van der Waals surface area contributed by atoms with Crippen LogP contribution in [0.3, 0.4) is 0 Å². The molecule has 0 aliphatic heterocycles. The van der Waals surface area contributed by atoms with Gasteiger partial charge in [0.25, 0.3) is 0 Å². The summed E-state index contributed by atoms with van der Waals surface area (Å²) in [5.74, 6) is 0. The molecule has 0 radical (unpaired) electrons. The van der Waals surface area contributed by atoms with Gasteiger partial charge in [-0.2, -0.15) is 5.10 Å². The van der Waals surface area contributed by atoms with Gasteiger partial charge in [0.05, 0.1) is 11.4 Å². The molecule has 1 fully saturated rings. The number of benzene rings is 1. The summed E-state index contributed by atoms with van der Waals surface area (Å²) in [6, 6.07) is 12.3. The molecule has 0 bridgehead atoms. The van der Waals surface area contributed by atoms with Crippen molar-refractivity contribution in [1.82, 2.24) is 20.4 Å². The highest BCUT2D eigenvalue weighted by Crippen LogP contribution is 2.18. The Kier molecular flexibility index (Phi) is 3.67. The van der Waals surface area contributed by atoms with Crippen LogP contribution >= 0.6 is 0 Å². The molecule has 1 aromatic heterocycles. The fraction of sp³-hybridized carbons (Fsp3) is 0.333.